The number of amides is 2. The van der Waals surface area contributed by atoms with Crippen molar-refractivity contribution >= 4 is 27.7 Å². The van der Waals surface area contributed by atoms with Crippen molar-refractivity contribution in [2.45, 2.75) is 13.3 Å². The number of hydrogen-bond acceptors (Lipinski definition) is 4. The molecule has 0 unspecified atom stereocenters. The van der Waals surface area contributed by atoms with Crippen molar-refractivity contribution in [3.05, 3.63) is 22.2 Å². The average molecular weight is 359 g/mol. The van der Waals surface area contributed by atoms with Crippen LogP contribution in [-0.2, 0) is 4.79 Å². The van der Waals surface area contributed by atoms with E-state index in [-0.39, 0.29) is 12.5 Å². The quantitative estimate of drug-likeness (QED) is 0.777. The molecule has 0 spiro atoms. The lowest BCUT2D eigenvalue weighted by molar-refractivity contribution is -0.120. The highest BCUT2D eigenvalue weighted by molar-refractivity contribution is 9.10. The van der Waals surface area contributed by atoms with Crippen LogP contribution in [0.2, 0.25) is 0 Å². The van der Waals surface area contributed by atoms with Crippen molar-refractivity contribution in [3.8, 4) is 11.5 Å². The summed E-state index contributed by atoms with van der Waals surface area (Å²) in [6, 6.07) is 3.26. The number of hydrogen-bond donors (Lipinski definition) is 2. The number of halogens is 1. The summed E-state index contributed by atoms with van der Waals surface area (Å²) in [5, 5.41) is 5.24. The molecule has 0 bridgehead atoms. The lowest BCUT2D eigenvalue weighted by atomic mass is 10.1. The number of carbonyl (C=O) groups is 2. The van der Waals surface area contributed by atoms with E-state index in [1.54, 1.807) is 12.1 Å². The van der Waals surface area contributed by atoms with Crippen LogP contribution >= 0.6 is 15.9 Å². The van der Waals surface area contributed by atoms with Crippen LogP contribution in [0.1, 0.15) is 23.7 Å². The Morgan fingerprint density at radius 2 is 1.90 bits per heavy atom. The largest absolute Gasteiger partial charge is 0.497 e. The van der Waals surface area contributed by atoms with Gasteiger partial charge in [0.2, 0.25) is 5.91 Å². The van der Waals surface area contributed by atoms with Gasteiger partial charge in [0.1, 0.15) is 11.5 Å². The van der Waals surface area contributed by atoms with Crippen LogP contribution in [0.5, 0.6) is 11.5 Å². The Kier molecular flexibility index (Phi) is 7.01. The number of carbonyl (C=O) groups excluding carboxylic acids is 2. The molecule has 2 amide bonds. The van der Waals surface area contributed by atoms with Gasteiger partial charge in [0.05, 0.1) is 30.8 Å². The highest BCUT2D eigenvalue weighted by Crippen LogP contribution is 2.33. The molecule has 0 radical (unpaired) electrons. The Labute approximate surface area is 132 Å². The topological polar surface area (TPSA) is 76.7 Å². The number of ether oxygens (including phenoxy) is 2. The van der Waals surface area contributed by atoms with E-state index in [1.165, 1.54) is 14.2 Å². The van der Waals surface area contributed by atoms with Gasteiger partial charge in [0.25, 0.3) is 5.91 Å². The predicted octanol–water partition coefficient (Wildman–Crippen LogP) is 1.72. The summed E-state index contributed by atoms with van der Waals surface area (Å²) in [5.74, 6) is 0.273. The van der Waals surface area contributed by atoms with Crippen LogP contribution in [0, 0.1) is 0 Å². The molecule has 21 heavy (non-hydrogen) atoms. The Morgan fingerprint density at radius 3 is 2.48 bits per heavy atom. The molecule has 0 aliphatic heterocycles. The van der Waals surface area contributed by atoms with Gasteiger partial charge in [-0.05, 0) is 34.5 Å². The molecular formula is C14H19BrN2O4. The summed E-state index contributed by atoms with van der Waals surface area (Å²) in [6.45, 7) is 2.46. The van der Waals surface area contributed by atoms with Gasteiger partial charge in [0.15, 0.2) is 0 Å². The molecule has 1 rings (SSSR count). The molecule has 6 nitrogen and oxygen atoms in total. The minimum atomic E-state index is -0.405. The van der Waals surface area contributed by atoms with E-state index in [9.17, 15) is 9.59 Å². The monoisotopic (exact) mass is 358 g/mol. The first-order valence-electron chi connectivity index (χ1n) is 6.49. The first-order valence-corrected chi connectivity index (χ1v) is 7.29. The lowest BCUT2D eigenvalue weighted by Gasteiger charge is -2.12. The summed E-state index contributed by atoms with van der Waals surface area (Å²) in [4.78, 5) is 23.7. The normalized spacial score (nSPS) is 9.90. The molecule has 0 saturated heterocycles. The molecule has 2 N–H and O–H groups in total. The van der Waals surface area contributed by atoms with Crippen LogP contribution in [0.25, 0.3) is 0 Å². The van der Waals surface area contributed by atoms with Gasteiger partial charge >= 0.3 is 0 Å². The Morgan fingerprint density at radius 1 is 1.19 bits per heavy atom. The van der Waals surface area contributed by atoms with Crippen molar-refractivity contribution in [1.82, 2.24) is 10.6 Å². The van der Waals surface area contributed by atoms with Crippen LogP contribution in [-0.4, -0.2) is 39.1 Å². The first kappa shape index (κ1) is 17.3. The van der Waals surface area contributed by atoms with Crippen LogP contribution in [0.15, 0.2) is 16.6 Å². The summed E-state index contributed by atoms with van der Waals surface area (Å²) in [6.07, 6.45) is 0.844. The second kappa shape index (κ2) is 8.51. The van der Waals surface area contributed by atoms with Crippen molar-refractivity contribution in [3.63, 3.8) is 0 Å². The summed E-state index contributed by atoms with van der Waals surface area (Å²) < 4.78 is 10.9. The Balaban J connectivity index is 2.81. The molecule has 116 valence electrons. The number of rotatable bonds is 7. The van der Waals surface area contributed by atoms with Crippen molar-refractivity contribution in [1.29, 1.82) is 0 Å². The molecule has 7 heteroatoms. The van der Waals surface area contributed by atoms with E-state index >= 15 is 0 Å². The lowest BCUT2D eigenvalue weighted by Crippen LogP contribution is -2.37. The molecule has 0 aliphatic carbocycles. The van der Waals surface area contributed by atoms with E-state index in [0.717, 1.165) is 6.42 Å². The molecular weight excluding hydrogens is 340 g/mol. The van der Waals surface area contributed by atoms with Crippen LogP contribution in [0.4, 0.5) is 0 Å². The molecule has 1 aromatic carbocycles. The van der Waals surface area contributed by atoms with E-state index < -0.39 is 5.91 Å². The SMILES string of the molecule is CCCNC(=O)CNC(=O)c1cc(OC)cc(Br)c1OC. The van der Waals surface area contributed by atoms with Gasteiger partial charge in [-0.15, -0.1) is 0 Å². The van der Waals surface area contributed by atoms with Gasteiger partial charge in [-0.2, -0.15) is 0 Å². The predicted molar refractivity (Wildman–Crippen MR) is 82.9 cm³/mol. The Hall–Kier alpha value is -1.76. The molecule has 0 fully saturated rings. The third kappa shape index (κ3) is 4.93. The number of benzene rings is 1. The van der Waals surface area contributed by atoms with Gasteiger partial charge in [-0.3, -0.25) is 9.59 Å². The summed E-state index contributed by atoms with van der Waals surface area (Å²) in [7, 11) is 2.98. The fourth-order valence-corrected chi connectivity index (χ4v) is 2.25. The second-order valence-electron chi connectivity index (χ2n) is 4.22. The van der Waals surface area contributed by atoms with Gasteiger partial charge < -0.3 is 20.1 Å². The van der Waals surface area contributed by atoms with Gasteiger partial charge in [-0.25, -0.2) is 0 Å². The minimum absolute atomic E-state index is 0.0865. The third-order valence-corrected chi connectivity index (χ3v) is 3.27. The number of nitrogens with one attached hydrogen (secondary N) is 2. The zero-order valence-corrected chi connectivity index (χ0v) is 13.9. The molecule has 0 atom stereocenters. The standard InChI is InChI=1S/C14H19BrN2O4/c1-4-5-16-12(18)8-17-14(19)10-6-9(20-2)7-11(15)13(10)21-3/h6-7H,4-5,8H2,1-3H3,(H,16,18)(H,17,19). The fraction of sp³-hybridized carbons (Fsp3) is 0.429. The van der Waals surface area contributed by atoms with E-state index in [2.05, 4.69) is 26.6 Å². The molecule has 1 aromatic rings. The zero-order chi connectivity index (χ0) is 15.8. The number of methoxy groups -OCH3 is 2. The van der Waals surface area contributed by atoms with Crippen molar-refractivity contribution in [2.75, 3.05) is 27.3 Å². The van der Waals surface area contributed by atoms with Crippen LogP contribution in [0.3, 0.4) is 0 Å². The summed E-state index contributed by atoms with van der Waals surface area (Å²) in [5.41, 5.74) is 0.298. The maximum absolute atomic E-state index is 12.2. The molecule has 0 heterocycles. The van der Waals surface area contributed by atoms with E-state index in [0.29, 0.717) is 28.1 Å². The van der Waals surface area contributed by atoms with E-state index in [4.69, 9.17) is 9.47 Å². The fourth-order valence-electron chi connectivity index (χ4n) is 1.65. The van der Waals surface area contributed by atoms with Gasteiger partial charge in [-0.1, -0.05) is 6.92 Å². The van der Waals surface area contributed by atoms with Crippen molar-refractivity contribution in [2.24, 2.45) is 0 Å². The second-order valence-corrected chi connectivity index (χ2v) is 5.08. The smallest absolute Gasteiger partial charge is 0.255 e. The minimum Gasteiger partial charge on any atom is -0.497 e. The highest BCUT2D eigenvalue weighted by Gasteiger charge is 2.17. The maximum Gasteiger partial charge on any atom is 0.255 e. The molecule has 0 aliphatic rings. The zero-order valence-electron chi connectivity index (χ0n) is 12.3. The van der Waals surface area contributed by atoms with E-state index in [1.807, 2.05) is 6.92 Å². The first-order chi connectivity index (χ1) is 10.0. The summed E-state index contributed by atoms with van der Waals surface area (Å²) >= 11 is 3.32. The third-order valence-electron chi connectivity index (χ3n) is 2.68. The maximum atomic E-state index is 12.2. The molecule has 0 saturated carbocycles. The molecule has 0 aromatic heterocycles. The average Bonchev–Trinajstić information content (AvgIpc) is 2.49. The highest BCUT2D eigenvalue weighted by atomic mass is 79.9. The van der Waals surface area contributed by atoms with Crippen LogP contribution < -0.4 is 20.1 Å². The van der Waals surface area contributed by atoms with Crippen molar-refractivity contribution < 1.29 is 19.1 Å². The van der Waals surface area contributed by atoms with Gasteiger partial charge in [0, 0.05) is 6.54 Å². The Bertz CT molecular complexity index is 520.